The minimum atomic E-state index is 1.08. The summed E-state index contributed by atoms with van der Waals surface area (Å²) in [6.45, 7) is 3.32. The summed E-state index contributed by atoms with van der Waals surface area (Å²) in [7, 11) is 0. The molecule has 0 bridgehead atoms. The van der Waals surface area contributed by atoms with Crippen molar-refractivity contribution >= 4 is 67.0 Å². The molecule has 0 unspecified atom stereocenters. The third-order valence-electron chi connectivity index (χ3n) is 3.24. The van der Waals surface area contributed by atoms with Crippen LogP contribution >= 0.6 is 45.2 Å². The van der Waals surface area contributed by atoms with E-state index in [2.05, 4.69) is 93.1 Å². The fraction of sp³-hybridized carbons (Fsp3) is 0.200. The highest BCUT2D eigenvalue weighted by Gasteiger charge is 2.10. The minimum Gasteiger partial charge on any atom is -0.340 e. The number of halogens is 2. The largest absolute Gasteiger partial charge is 0.340 e. The molecule has 0 saturated carbocycles. The summed E-state index contributed by atoms with van der Waals surface area (Å²) in [5, 5.41) is 2.76. The van der Waals surface area contributed by atoms with E-state index in [4.69, 9.17) is 0 Å². The highest BCUT2D eigenvalue weighted by Crippen LogP contribution is 2.31. The Kier molecular flexibility index (Phi) is 3.53. The first-order chi connectivity index (χ1) is 8.70. The smallest absolute Gasteiger partial charge is 0.0492 e. The first-order valence-corrected chi connectivity index (χ1v) is 8.23. The van der Waals surface area contributed by atoms with Gasteiger partial charge >= 0.3 is 0 Å². The van der Waals surface area contributed by atoms with E-state index < -0.39 is 0 Å². The lowest BCUT2D eigenvalue weighted by atomic mass is 10.2. The monoisotopic (exact) mass is 461 g/mol. The van der Waals surface area contributed by atoms with Crippen molar-refractivity contribution in [2.75, 3.05) is 0 Å². The Morgan fingerprint density at radius 1 is 0.889 bits per heavy atom. The fourth-order valence-corrected chi connectivity index (χ4v) is 3.50. The van der Waals surface area contributed by atoms with Crippen molar-refractivity contribution in [1.82, 2.24) is 4.57 Å². The van der Waals surface area contributed by atoms with Crippen molar-refractivity contribution in [2.45, 2.75) is 19.9 Å². The molecule has 0 atom stereocenters. The van der Waals surface area contributed by atoms with Crippen LogP contribution < -0.4 is 0 Å². The number of benzene rings is 2. The van der Waals surface area contributed by atoms with Crippen LogP contribution in [0.2, 0.25) is 0 Å². The van der Waals surface area contributed by atoms with Crippen molar-refractivity contribution in [1.29, 1.82) is 0 Å². The molecular formula is C15H13I2N. The predicted molar refractivity (Wildman–Crippen MR) is 95.2 cm³/mol. The van der Waals surface area contributed by atoms with Gasteiger partial charge in [-0.15, -0.1) is 0 Å². The average molecular weight is 461 g/mol. The van der Waals surface area contributed by atoms with E-state index in [-0.39, 0.29) is 0 Å². The van der Waals surface area contributed by atoms with E-state index in [1.54, 1.807) is 0 Å². The highest BCUT2D eigenvalue weighted by atomic mass is 127. The number of fused-ring (bicyclic) bond motifs is 3. The molecule has 0 amide bonds. The number of nitrogens with zero attached hydrogens (tertiary/aromatic N) is 1. The molecule has 1 heterocycles. The van der Waals surface area contributed by atoms with E-state index in [1.165, 1.54) is 28.9 Å². The third kappa shape index (κ3) is 2.05. The topological polar surface area (TPSA) is 4.93 Å². The third-order valence-corrected chi connectivity index (χ3v) is 4.58. The fourth-order valence-electron chi connectivity index (χ4n) is 2.51. The summed E-state index contributed by atoms with van der Waals surface area (Å²) in [5.74, 6) is 0. The summed E-state index contributed by atoms with van der Waals surface area (Å²) in [6.07, 6.45) is 1.16. The van der Waals surface area contributed by atoms with Crippen LogP contribution in [0, 0.1) is 7.14 Å². The van der Waals surface area contributed by atoms with Gasteiger partial charge in [-0.1, -0.05) is 6.92 Å². The van der Waals surface area contributed by atoms with Crippen molar-refractivity contribution in [3.05, 3.63) is 43.5 Å². The Morgan fingerprint density at radius 3 is 1.83 bits per heavy atom. The Hall–Kier alpha value is -0.300. The molecule has 0 aliphatic rings. The molecule has 0 N–H and O–H groups in total. The molecule has 0 radical (unpaired) electrons. The number of rotatable bonds is 2. The van der Waals surface area contributed by atoms with E-state index in [9.17, 15) is 0 Å². The predicted octanol–water partition coefficient (Wildman–Crippen LogP) is 5.41. The Balaban J connectivity index is 2.48. The molecule has 92 valence electrons. The first-order valence-electron chi connectivity index (χ1n) is 6.07. The average Bonchev–Trinajstić information content (AvgIpc) is 2.64. The van der Waals surface area contributed by atoms with Gasteiger partial charge in [-0.05, 0) is 88.0 Å². The van der Waals surface area contributed by atoms with E-state index in [0.717, 1.165) is 13.0 Å². The van der Waals surface area contributed by atoms with Crippen LogP contribution in [0.5, 0.6) is 0 Å². The molecule has 1 aromatic heterocycles. The van der Waals surface area contributed by atoms with Crippen LogP contribution in [0.4, 0.5) is 0 Å². The van der Waals surface area contributed by atoms with Gasteiger partial charge < -0.3 is 4.57 Å². The van der Waals surface area contributed by atoms with Gasteiger partial charge in [-0.25, -0.2) is 0 Å². The molecule has 2 aromatic carbocycles. The van der Waals surface area contributed by atoms with Crippen LogP contribution in [-0.4, -0.2) is 4.57 Å². The Bertz CT molecular complexity index is 669. The van der Waals surface area contributed by atoms with E-state index in [1.807, 2.05) is 0 Å². The molecule has 3 heteroatoms. The van der Waals surface area contributed by atoms with E-state index in [0.29, 0.717) is 0 Å². The summed E-state index contributed by atoms with van der Waals surface area (Å²) >= 11 is 4.78. The number of hydrogen-bond acceptors (Lipinski definition) is 0. The lowest BCUT2D eigenvalue weighted by Crippen LogP contribution is -1.95. The molecule has 18 heavy (non-hydrogen) atoms. The van der Waals surface area contributed by atoms with Crippen molar-refractivity contribution in [3.8, 4) is 0 Å². The number of aromatic nitrogens is 1. The summed E-state index contributed by atoms with van der Waals surface area (Å²) < 4.78 is 5.04. The lowest BCUT2D eigenvalue weighted by molar-refractivity contribution is 0.724. The van der Waals surface area contributed by atoms with Gasteiger partial charge in [0, 0.05) is 35.5 Å². The van der Waals surface area contributed by atoms with Gasteiger partial charge in [0.1, 0.15) is 0 Å². The van der Waals surface area contributed by atoms with Gasteiger partial charge in [-0.2, -0.15) is 0 Å². The molecule has 3 rings (SSSR count). The summed E-state index contributed by atoms with van der Waals surface area (Å²) in [4.78, 5) is 0. The zero-order valence-electron chi connectivity index (χ0n) is 10.1. The van der Waals surface area contributed by atoms with Gasteiger partial charge in [0.15, 0.2) is 0 Å². The number of hydrogen-bond donors (Lipinski definition) is 0. The molecule has 0 aliphatic heterocycles. The van der Waals surface area contributed by atoms with Crippen LogP contribution in [-0.2, 0) is 6.54 Å². The van der Waals surface area contributed by atoms with Gasteiger partial charge in [-0.3, -0.25) is 0 Å². The van der Waals surface area contributed by atoms with Crippen molar-refractivity contribution < 1.29 is 0 Å². The quantitative estimate of drug-likeness (QED) is 0.450. The number of aryl methyl sites for hydroxylation is 1. The standard InChI is InChI=1S/C15H13I2N/c1-2-7-18-14-5-3-10(16)8-12(14)13-9-11(17)4-6-15(13)18/h3-6,8-9H,2,7H2,1H3. The maximum Gasteiger partial charge on any atom is 0.0492 e. The summed E-state index contributed by atoms with van der Waals surface area (Å²) in [5.41, 5.74) is 2.71. The molecular weight excluding hydrogens is 448 g/mol. The van der Waals surface area contributed by atoms with Crippen LogP contribution in [0.1, 0.15) is 13.3 Å². The second kappa shape index (κ2) is 5.00. The van der Waals surface area contributed by atoms with E-state index >= 15 is 0 Å². The molecule has 0 saturated heterocycles. The second-order valence-corrected chi connectivity index (χ2v) is 6.97. The van der Waals surface area contributed by atoms with Crippen LogP contribution in [0.25, 0.3) is 21.8 Å². The molecule has 0 spiro atoms. The lowest BCUT2D eigenvalue weighted by Gasteiger charge is -2.04. The van der Waals surface area contributed by atoms with Gasteiger partial charge in [0.25, 0.3) is 0 Å². The summed E-state index contributed by atoms with van der Waals surface area (Å²) in [6, 6.07) is 13.5. The van der Waals surface area contributed by atoms with Crippen LogP contribution in [0.15, 0.2) is 36.4 Å². The van der Waals surface area contributed by atoms with Gasteiger partial charge in [0.2, 0.25) is 0 Å². The van der Waals surface area contributed by atoms with Gasteiger partial charge in [0.05, 0.1) is 0 Å². The zero-order valence-corrected chi connectivity index (χ0v) is 14.4. The Morgan fingerprint density at radius 2 is 1.39 bits per heavy atom. The van der Waals surface area contributed by atoms with Crippen molar-refractivity contribution in [2.24, 2.45) is 0 Å². The normalized spacial score (nSPS) is 11.5. The molecule has 0 fully saturated rings. The maximum absolute atomic E-state index is 2.44. The highest BCUT2D eigenvalue weighted by molar-refractivity contribution is 14.1. The minimum absolute atomic E-state index is 1.08. The maximum atomic E-state index is 2.44. The van der Waals surface area contributed by atoms with Crippen LogP contribution in [0.3, 0.4) is 0 Å². The first kappa shape index (κ1) is 12.7. The Labute approximate surface area is 134 Å². The molecule has 1 nitrogen and oxygen atoms in total. The second-order valence-electron chi connectivity index (χ2n) is 4.47. The molecule has 3 aromatic rings. The van der Waals surface area contributed by atoms with Crippen molar-refractivity contribution in [3.63, 3.8) is 0 Å². The SMILES string of the molecule is CCCn1c2ccc(I)cc2c2cc(I)ccc21. The molecule has 0 aliphatic carbocycles. The zero-order chi connectivity index (χ0) is 12.7.